The Balaban J connectivity index is 1.67. The Hall–Kier alpha value is -1.29. The minimum atomic E-state index is -1.42. The zero-order chi connectivity index (χ0) is 19.9. The van der Waals surface area contributed by atoms with Gasteiger partial charge in [0.2, 0.25) is 11.8 Å². The molecule has 1 amide bonds. The summed E-state index contributed by atoms with van der Waals surface area (Å²) in [6, 6.07) is 0.183. The van der Waals surface area contributed by atoms with Crippen LogP contribution in [-0.2, 0) is 9.53 Å². The molecule has 27 heavy (non-hydrogen) atoms. The van der Waals surface area contributed by atoms with E-state index in [2.05, 4.69) is 24.5 Å². The molecule has 0 aromatic carbocycles. The van der Waals surface area contributed by atoms with Gasteiger partial charge >= 0.3 is 6.16 Å². The predicted octanol–water partition coefficient (Wildman–Crippen LogP) is 1.31. The van der Waals surface area contributed by atoms with Crippen molar-refractivity contribution in [2.24, 2.45) is 5.92 Å². The van der Waals surface area contributed by atoms with Gasteiger partial charge in [0.25, 0.3) is 0 Å². The molecular formula is C18H29N3O5S. The van der Waals surface area contributed by atoms with Crippen LogP contribution in [0.25, 0.3) is 0 Å². The van der Waals surface area contributed by atoms with Crippen LogP contribution in [-0.4, -0.2) is 69.7 Å². The summed E-state index contributed by atoms with van der Waals surface area (Å²) in [6.07, 6.45) is 0.330. The first-order chi connectivity index (χ1) is 12.6. The summed E-state index contributed by atoms with van der Waals surface area (Å²) < 4.78 is 4.96. The molecule has 5 atom stereocenters. The van der Waals surface area contributed by atoms with Crippen molar-refractivity contribution < 1.29 is 24.5 Å². The molecule has 0 spiro atoms. The van der Waals surface area contributed by atoms with Crippen LogP contribution in [0.3, 0.4) is 0 Å². The molecule has 0 aliphatic carbocycles. The molecule has 0 aromatic heterocycles. The van der Waals surface area contributed by atoms with Gasteiger partial charge in [0.05, 0.1) is 18.1 Å². The maximum absolute atomic E-state index is 12.3. The number of nitrogens with one attached hydrogen (secondary N) is 2. The minimum Gasteiger partial charge on any atom is -0.449 e. The average Bonchev–Trinajstić information content (AvgIpc) is 3.09. The molecule has 0 saturated carbocycles. The molecule has 2 fully saturated rings. The summed E-state index contributed by atoms with van der Waals surface area (Å²) in [5, 5.41) is 26.1. The van der Waals surface area contributed by atoms with Crippen molar-refractivity contribution in [3.05, 3.63) is 10.8 Å². The monoisotopic (exact) mass is 399 g/mol. The third-order valence-corrected chi connectivity index (χ3v) is 7.07. The largest absolute Gasteiger partial charge is 0.512 e. The molecule has 3 rings (SSSR count). The van der Waals surface area contributed by atoms with E-state index in [0.717, 1.165) is 24.3 Å². The highest BCUT2D eigenvalue weighted by molar-refractivity contribution is 8.03. The molecule has 0 bridgehead atoms. The number of carbonyl (C=O) groups is 2. The van der Waals surface area contributed by atoms with Crippen molar-refractivity contribution in [2.45, 2.75) is 69.0 Å². The summed E-state index contributed by atoms with van der Waals surface area (Å²) in [5.74, 6) is -0.611. The number of thioether (sulfide) groups is 1. The van der Waals surface area contributed by atoms with Gasteiger partial charge < -0.3 is 25.6 Å². The van der Waals surface area contributed by atoms with Crippen LogP contribution in [0.4, 0.5) is 4.79 Å². The maximum atomic E-state index is 12.3. The van der Waals surface area contributed by atoms with Gasteiger partial charge in [0.1, 0.15) is 0 Å². The van der Waals surface area contributed by atoms with Gasteiger partial charge in [-0.05, 0) is 40.7 Å². The molecule has 3 aliphatic rings. The summed E-state index contributed by atoms with van der Waals surface area (Å²) >= 11 is 1.60. The van der Waals surface area contributed by atoms with Gasteiger partial charge in [0.15, 0.2) is 0 Å². The maximum Gasteiger partial charge on any atom is 0.512 e. The van der Waals surface area contributed by atoms with Crippen molar-refractivity contribution in [3.63, 3.8) is 0 Å². The van der Waals surface area contributed by atoms with Gasteiger partial charge in [-0.25, -0.2) is 4.79 Å². The Morgan fingerprint density at radius 1 is 1.52 bits per heavy atom. The van der Waals surface area contributed by atoms with Crippen molar-refractivity contribution in [3.8, 4) is 0 Å². The highest BCUT2D eigenvalue weighted by atomic mass is 32.2. The molecule has 8 nitrogen and oxygen atoms in total. The number of ether oxygens (including phenoxy) is 1. The number of nitrogens with zero attached hydrogens (tertiary/aromatic N) is 1. The molecular weight excluding hydrogens is 370 g/mol. The lowest BCUT2D eigenvalue weighted by atomic mass is 9.84. The van der Waals surface area contributed by atoms with E-state index in [9.17, 15) is 14.7 Å². The molecule has 152 valence electrons. The van der Waals surface area contributed by atoms with E-state index in [1.807, 2.05) is 7.05 Å². The number of fused-ring (bicyclic) bond motifs is 1. The van der Waals surface area contributed by atoms with E-state index in [-0.39, 0.29) is 23.4 Å². The van der Waals surface area contributed by atoms with Crippen molar-refractivity contribution in [1.29, 1.82) is 0 Å². The molecule has 0 radical (unpaired) electrons. The fraction of sp³-hybridized carbons (Fsp3) is 0.778. The number of β-lactam (4-membered cyclic amide) rings is 1. The molecule has 0 aromatic rings. The summed E-state index contributed by atoms with van der Waals surface area (Å²) in [7, 11) is 1.96. The van der Waals surface area contributed by atoms with Crippen LogP contribution in [0.15, 0.2) is 10.8 Å². The number of hydrogen-bond donors (Lipinski definition) is 4. The number of hydrogen-bond acceptors (Lipinski definition) is 7. The van der Waals surface area contributed by atoms with Gasteiger partial charge in [0, 0.05) is 34.7 Å². The van der Waals surface area contributed by atoms with Crippen molar-refractivity contribution in [1.82, 2.24) is 15.5 Å². The second-order valence-corrected chi connectivity index (χ2v) is 9.66. The van der Waals surface area contributed by atoms with Crippen LogP contribution in [0.1, 0.15) is 40.0 Å². The zero-order valence-electron chi connectivity index (χ0n) is 16.2. The molecule has 3 aliphatic heterocycles. The fourth-order valence-corrected chi connectivity index (χ4v) is 5.63. The van der Waals surface area contributed by atoms with Crippen molar-refractivity contribution >= 4 is 23.8 Å². The first-order valence-corrected chi connectivity index (χ1v) is 10.2. The fourth-order valence-electron chi connectivity index (χ4n) is 4.21. The van der Waals surface area contributed by atoms with Gasteiger partial charge in [-0.3, -0.25) is 9.69 Å². The van der Waals surface area contributed by atoms with Gasteiger partial charge in [-0.15, -0.1) is 11.8 Å². The Morgan fingerprint density at radius 2 is 2.22 bits per heavy atom. The lowest BCUT2D eigenvalue weighted by Gasteiger charge is -2.44. The van der Waals surface area contributed by atoms with Crippen LogP contribution < -0.4 is 10.6 Å². The first-order valence-electron chi connectivity index (χ1n) is 9.37. The highest BCUT2D eigenvalue weighted by Crippen LogP contribution is 2.49. The van der Waals surface area contributed by atoms with Crippen molar-refractivity contribution in [2.75, 3.05) is 13.6 Å². The van der Waals surface area contributed by atoms with Gasteiger partial charge in [-0.1, -0.05) is 0 Å². The summed E-state index contributed by atoms with van der Waals surface area (Å²) in [4.78, 5) is 25.6. The number of carboxylic acid groups (broad SMARTS) is 1. The quantitative estimate of drug-likeness (QED) is 0.375. The van der Waals surface area contributed by atoms with Crippen LogP contribution in [0, 0.1) is 5.92 Å². The number of aliphatic hydroxyl groups excluding tert-OH is 1. The summed E-state index contributed by atoms with van der Waals surface area (Å²) in [6.45, 7) is 6.76. The Kier molecular flexibility index (Phi) is 5.77. The third-order valence-electron chi connectivity index (χ3n) is 5.75. The Labute approximate surface area is 163 Å². The molecule has 0 unspecified atom stereocenters. The highest BCUT2D eigenvalue weighted by Gasteiger charge is 2.57. The Morgan fingerprint density at radius 3 is 2.81 bits per heavy atom. The first kappa shape index (κ1) is 20.4. The van der Waals surface area contributed by atoms with E-state index in [1.165, 1.54) is 4.90 Å². The lowest BCUT2D eigenvalue weighted by molar-refractivity contribution is -0.160. The van der Waals surface area contributed by atoms with Gasteiger partial charge in [-0.2, -0.15) is 0 Å². The van der Waals surface area contributed by atoms with Crippen LogP contribution in [0.5, 0.6) is 0 Å². The SMILES string of the molecule is CNC(C)(C)C[C@@H]1C[C@H](SC2=C(OC(=O)O)N3C(=O)[C@H]([C@@H](C)O)[C@H]3C2)CN1. The third kappa shape index (κ3) is 4.11. The summed E-state index contributed by atoms with van der Waals surface area (Å²) in [5.41, 5.74) is 0.0448. The standard InChI is InChI=1S/C18H29N3O5S/c1-9(22)14-12-6-13(16(26-17(24)25)21(12)15(14)23)27-11-5-10(20-8-11)7-18(2,3)19-4/h9-12,14,19-20,22H,5-8H2,1-4H3,(H,24,25)/t9-,10+,11+,12-,14-/m1/s1. The van der Waals surface area contributed by atoms with Crippen LogP contribution >= 0.6 is 11.8 Å². The van der Waals surface area contributed by atoms with E-state index >= 15 is 0 Å². The van der Waals surface area contributed by atoms with E-state index < -0.39 is 18.2 Å². The van der Waals surface area contributed by atoms with Crippen LogP contribution in [0.2, 0.25) is 0 Å². The molecule has 2 saturated heterocycles. The number of aliphatic hydroxyl groups is 1. The average molecular weight is 400 g/mol. The second kappa shape index (κ2) is 7.62. The normalized spacial score (nSPS) is 31.7. The molecule has 3 heterocycles. The molecule has 4 N–H and O–H groups in total. The zero-order valence-corrected chi connectivity index (χ0v) is 17.0. The second-order valence-electron chi connectivity index (χ2n) is 8.26. The van der Waals surface area contributed by atoms with E-state index in [4.69, 9.17) is 9.84 Å². The molecule has 9 heteroatoms. The van der Waals surface area contributed by atoms with E-state index in [0.29, 0.717) is 17.7 Å². The number of carbonyl (C=O) groups excluding carboxylic acids is 1. The Bertz CT molecular complexity index is 651. The number of amides is 1. The predicted molar refractivity (Wildman–Crippen MR) is 102 cm³/mol. The topological polar surface area (TPSA) is 111 Å². The number of rotatable bonds is 7. The lowest BCUT2D eigenvalue weighted by Crippen LogP contribution is -2.61. The van der Waals surface area contributed by atoms with E-state index in [1.54, 1.807) is 18.7 Å². The minimum absolute atomic E-state index is 0.0448. The smallest absolute Gasteiger partial charge is 0.449 e.